The van der Waals surface area contributed by atoms with Crippen molar-refractivity contribution in [3.63, 3.8) is 0 Å². The molecule has 2 rings (SSSR count). The molecule has 2 unspecified atom stereocenters. The Morgan fingerprint density at radius 1 is 1.55 bits per heavy atom. The van der Waals surface area contributed by atoms with Crippen molar-refractivity contribution in [2.24, 2.45) is 5.92 Å². The summed E-state index contributed by atoms with van der Waals surface area (Å²) >= 11 is 0. The number of methoxy groups -OCH3 is 1. The Labute approximate surface area is 118 Å². The second kappa shape index (κ2) is 6.81. The fourth-order valence-corrected chi connectivity index (χ4v) is 2.80. The molecular formula is C15H20FNO3. The maximum atomic E-state index is 14.0. The van der Waals surface area contributed by atoms with Gasteiger partial charge in [-0.3, -0.25) is 4.90 Å². The van der Waals surface area contributed by atoms with Crippen molar-refractivity contribution in [2.45, 2.75) is 18.9 Å². The fraction of sp³-hybridized carbons (Fsp3) is 0.533. The van der Waals surface area contributed by atoms with E-state index in [0.29, 0.717) is 31.0 Å². The molecule has 1 aromatic carbocycles. The second-order valence-electron chi connectivity index (χ2n) is 5.11. The lowest BCUT2D eigenvalue weighted by Crippen LogP contribution is -2.34. The molecule has 0 radical (unpaired) electrons. The SMILES string of the molecule is COC(=O)C(c1ccccc1F)N1CCC(CCO)C1. The number of likely N-dealkylation sites (tertiary alicyclic amines) is 1. The summed E-state index contributed by atoms with van der Waals surface area (Å²) in [6.07, 6.45) is 1.62. The third-order valence-electron chi connectivity index (χ3n) is 3.84. The quantitative estimate of drug-likeness (QED) is 0.835. The van der Waals surface area contributed by atoms with Crippen LogP contribution in [0.2, 0.25) is 0 Å². The van der Waals surface area contributed by atoms with E-state index in [1.807, 2.05) is 4.90 Å². The van der Waals surface area contributed by atoms with Crippen LogP contribution >= 0.6 is 0 Å². The third kappa shape index (κ3) is 3.16. The molecule has 0 spiro atoms. The number of carbonyl (C=O) groups excluding carboxylic acids is 1. The first kappa shape index (κ1) is 14.9. The maximum absolute atomic E-state index is 14.0. The summed E-state index contributed by atoms with van der Waals surface area (Å²) in [7, 11) is 1.32. The highest BCUT2D eigenvalue weighted by Gasteiger charge is 2.35. The van der Waals surface area contributed by atoms with Crippen LogP contribution in [-0.4, -0.2) is 42.8 Å². The molecule has 110 valence electrons. The Bertz CT molecular complexity index is 466. The summed E-state index contributed by atoms with van der Waals surface area (Å²) < 4.78 is 18.8. The Hall–Kier alpha value is -1.46. The van der Waals surface area contributed by atoms with Crippen LogP contribution < -0.4 is 0 Å². The zero-order valence-corrected chi connectivity index (χ0v) is 11.6. The van der Waals surface area contributed by atoms with Crippen LogP contribution in [-0.2, 0) is 9.53 Å². The smallest absolute Gasteiger partial charge is 0.327 e. The van der Waals surface area contributed by atoms with E-state index in [1.165, 1.54) is 13.2 Å². The molecule has 5 heteroatoms. The Balaban J connectivity index is 2.21. The van der Waals surface area contributed by atoms with Gasteiger partial charge in [-0.15, -0.1) is 0 Å². The summed E-state index contributed by atoms with van der Waals surface area (Å²) in [4.78, 5) is 14.0. The normalized spacial score (nSPS) is 20.9. The van der Waals surface area contributed by atoms with Crippen LogP contribution in [0.15, 0.2) is 24.3 Å². The van der Waals surface area contributed by atoms with E-state index < -0.39 is 17.8 Å². The van der Waals surface area contributed by atoms with Gasteiger partial charge in [0.15, 0.2) is 0 Å². The Kier molecular flexibility index (Phi) is 5.09. The number of rotatable bonds is 5. The molecule has 1 fully saturated rings. The molecule has 0 aliphatic carbocycles. The molecule has 1 saturated heterocycles. The predicted octanol–water partition coefficient (Wildman–Crippen LogP) is 1.74. The van der Waals surface area contributed by atoms with E-state index in [9.17, 15) is 9.18 Å². The summed E-state index contributed by atoms with van der Waals surface area (Å²) in [6.45, 7) is 1.52. The summed E-state index contributed by atoms with van der Waals surface area (Å²) in [5, 5.41) is 9.00. The number of hydrogen-bond acceptors (Lipinski definition) is 4. The highest BCUT2D eigenvalue weighted by Crippen LogP contribution is 2.31. The van der Waals surface area contributed by atoms with Crippen LogP contribution in [0.5, 0.6) is 0 Å². The average Bonchev–Trinajstić information content (AvgIpc) is 2.90. The maximum Gasteiger partial charge on any atom is 0.327 e. The molecule has 0 aromatic heterocycles. The Morgan fingerprint density at radius 2 is 2.30 bits per heavy atom. The molecule has 0 saturated carbocycles. The van der Waals surface area contributed by atoms with Gasteiger partial charge in [0.25, 0.3) is 0 Å². The van der Waals surface area contributed by atoms with Gasteiger partial charge in [-0.2, -0.15) is 0 Å². The van der Waals surface area contributed by atoms with E-state index in [2.05, 4.69) is 0 Å². The first-order valence-electron chi connectivity index (χ1n) is 6.84. The van der Waals surface area contributed by atoms with Gasteiger partial charge in [0.05, 0.1) is 7.11 Å². The lowest BCUT2D eigenvalue weighted by molar-refractivity contribution is -0.147. The molecular weight excluding hydrogens is 261 g/mol. The highest BCUT2D eigenvalue weighted by molar-refractivity contribution is 5.77. The standard InChI is InChI=1S/C15H20FNO3/c1-20-15(19)14(12-4-2-3-5-13(12)16)17-8-6-11(10-17)7-9-18/h2-5,11,14,18H,6-10H2,1H3. The first-order valence-corrected chi connectivity index (χ1v) is 6.84. The summed E-state index contributed by atoms with van der Waals surface area (Å²) in [5.41, 5.74) is 0.351. The van der Waals surface area contributed by atoms with Crippen molar-refractivity contribution in [3.05, 3.63) is 35.6 Å². The molecule has 1 aliphatic heterocycles. The van der Waals surface area contributed by atoms with Gasteiger partial charge in [-0.05, 0) is 31.4 Å². The van der Waals surface area contributed by atoms with Crippen LogP contribution in [0.1, 0.15) is 24.4 Å². The average molecular weight is 281 g/mol. The van der Waals surface area contributed by atoms with Gasteiger partial charge in [-0.1, -0.05) is 18.2 Å². The highest BCUT2D eigenvalue weighted by atomic mass is 19.1. The van der Waals surface area contributed by atoms with E-state index >= 15 is 0 Å². The van der Waals surface area contributed by atoms with Crippen molar-refractivity contribution >= 4 is 5.97 Å². The van der Waals surface area contributed by atoms with Crippen molar-refractivity contribution < 1.29 is 19.0 Å². The van der Waals surface area contributed by atoms with Gasteiger partial charge in [0.1, 0.15) is 11.9 Å². The largest absolute Gasteiger partial charge is 0.468 e. The van der Waals surface area contributed by atoms with Crippen molar-refractivity contribution in [3.8, 4) is 0 Å². The van der Waals surface area contributed by atoms with Gasteiger partial charge < -0.3 is 9.84 Å². The van der Waals surface area contributed by atoms with Gasteiger partial charge in [-0.25, -0.2) is 9.18 Å². The minimum Gasteiger partial charge on any atom is -0.468 e. The molecule has 1 aromatic rings. The molecule has 0 bridgehead atoms. The molecule has 4 nitrogen and oxygen atoms in total. The fourth-order valence-electron chi connectivity index (χ4n) is 2.80. The zero-order chi connectivity index (χ0) is 14.5. The number of benzene rings is 1. The minimum atomic E-state index is -0.704. The summed E-state index contributed by atoms with van der Waals surface area (Å²) in [5.74, 6) is -0.493. The predicted molar refractivity (Wildman–Crippen MR) is 72.5 cm³/mol. The lowest BCUT2D eigenvalue weighted by atomic mass is 10.0. The summed E-state index contributed by atoms with van der Waals surface area (Å²) in [6, 6.07) is 5.59. The number of aliphatic hydroxyl groups excluding tert-OH is 1. The van der Waals surface area contributed by atoms with Crippen LogP contribution in [0.25, 0.3) is 0 Å². The number of ether oxygens (including phenoxy) is 1. The second-order valence-corrected chi connectivity index (χ2v) is 5.11. The molecule has 0 amide bonds. The van der Waals surface area contributed by atoms with E-state index in [0.717, 1.165) is 6.42 Å². The Morgan fingerprint density at radius 3 is 2.95 bits per heavy atom. The minimum absolute atomic E-state index is 0.140. The number of halogens is 1. The van der Waals surface area contributed by atoms with Gasteiger partial charge in [0.2, 0.25) is 0 Å². The number of carbonyl (C=O) groups is 1. The van der Waals surface area contributed by atoms with E-state index in [1.54, 1.807) is 18.2 Å². The van der Waals surface area contributed by atoms with Crippen molar-refractivity contribution in [1.29, 1.82) is 0 Å². The van der Waals surface area contributed by atoms with E-state index in [4.69, 9.17) is 9.84 Å². The number of esters is 1. The molecule has 1 N–H and O–H groups in total. The molecule has 1 heterocycles. The molecule has 2 atom stereocenters. The monoisotopic (exact) mass is 281 g/mol. The number of hydrogen-bond donors (Lipinski definition) is 1. The number of nitrogens with zero attached hydrogens (tertiary/aromatic N) is 1. The van der Waals surface area contributed by atoms with Crippen LogP contribution in [0.3, 0.4) is 0 Å². The lowest BCUT2D eigenvalue weighted by Gasteiger charge is -2.26. The topological polar surface area (TPSA) is 49.8 Å². The van der Waals surface area contributed by atoms with Crippen molar-refractivity contribution in [2.75, 3.05) is 26.8 Å². The first-order chi connectivity index (χ1) is 9.67. The van der Waals surface area contributed by atoms with Crippen LogP contribution in [0.4, 0.5) is 4.39 Å². The molecule has 1 aliphatic rings. The van der Waals surface area contributed by atoms with Gasteiger partial charge >= 0.3 is 5.97 Å². The van der Waals surface area contributed by atoms with Crippen LogP contribution in [0, 0.1) is 11.7 Å². The van der Waals surface area contributed by atoms with Gasteiger partial charge in [0, 0.05) is 18.7 Å². The third-order valence-corrected chi connectivity index (χ3v) is 3.84. The van der Waals surface area contributed by atoms with E-state index in [-0.39, 0.29) is 6.61 Å². The number of aliphatic hydroxyl groups is 1. The van der Waals surface area contributed by atoms with Crippen molar-refractivity contribution in [1.82, 2.24) is 4.90 Å². The zero-order valence-electron chi connectivity index (χ0n) is 11.6. The molecule has 20 heavy (non-hydrogen) atoms.